The Bertz CT molecular complexity index is 1420. The van der Waals surface area contributed by atoms with E-state index >= 15 is 4.39 Å². The summed E-state index contributed by atoms with van der Waals surface area (Å²) in [6.07, 6.45) is 6.14. The minimum Gasteiger partial charge on any atom is -0.497 e. The summed E-state index contributed by atoms with van der Waals surface area (Å²) in [7, 11) is 1.59. The molecule has 198 valence electrons. The van der Waals surface area contributed by atoms with E-state index in [0.29, 0.717) is 17.9 Å². The fourth-order valence-electron chi connectivity index (χ4n) is 6.09. The lowest BCUT2D eigenvalue weighted by Crippen LogP contribution is -2.22. The van der Waals surface area contributed by atoms with Gasteiger partial charge in [-0.2, -0.15) is 0 Å². The molecule has 0 bridgehead atoms. The molecule has 2 aliphatic carbocycles. The number of aliphatic carboxylic acids is 1. The number of benzene rings is 3. The molecule has 1 atom stereocenters. The maximum Gasteiger partial charge on any atom is 0.304 e. The number of hydrogen-bond acceptors (Lipinski definition) is 3. The minimum atomic E-state index is -0.782. The zero-order valence-electron chi connectivity index (χ0n) is 22.6. The van der Waals surface area contributed by atoms with Gasteiger partial charge in [-0.25, -0.2) is 4.39 Å². The Morgan fingerprint density at radius 2 is 1.74 bits per heavy atom. The van der Waals surface area contributed by atoms with Crippen LogP contribution in [0.4, 0.5) is 4.39 Å². The molecule has 0 fully saturated rings. The molecule has 2 aliphatic rings. The summed E-state index contributed by atoms with van der Waals surface area (Å²) >= 11 is 0. The highest BCUT2D eigenvalue weighted by Gasteiger charge is 2.36. The lowest BCUT2D eigenvalue weighted by molar-refractivity contribution is -0.138. The summed E-state index contributed by atoms with van der Waals surface area (Å²) in [6, 6.07) is 17.0. The lowest BCUT2D eigenvalue weighted by Gasteiger charge is -2.26. The third kappa shape index (κ3) is 4.94. The van der Waals surface area contributed by atoms with Crippen molar-refractivity contribution >= 4 is 11.5 Å². The fraction of sp³-hybridized carbons (Fsp3) is 0.364. The van der Waals surface area contributed by atoms with Crippen molar-refractivity contribution in [1.29, 1.82) is 0 Å². The van der Waals surface area contributed by atoms with Gasteiger partial charge in [0.05, 0.1) is 13.5 Å². The predicted molar refractivity (Wildman–Crippen MR) is 148 cm³/mol. The first kappa shape index (κ1) is 26.0. The van der Waals surface area contributed by atoms with Crippen LogP contribution in [0.3, 0.4) is 0 Å². The number of rotatable bonds is 8. The number of carboxylic acids is 1. The molecular formula is C33H35FO4. The molecule has 0 aromatic heterocycles. The topological polar surface area (TPSA) is 55.8 Å². The van der Waals surface area contributed by atoms with Gasteiger partial charge in [0.25, 0.3) is 0 Å². The van der Waals surface area contributed by atoms with Gasteiger partial charge in [0, 0.05) is 11.0 Å². The third-order valence-electron chi connectivity index (χ3n) is 8.31. The minimum absolute atomic E-state index is 0.0157. The number of ether oxygens (including phenoxy) is 2. The van der Waals surface area contributed by atoms with Gasteiger partial charge in [0.15, 0.2) is 0 Å². The van der Waals surface area contributed by atoms with Crippen molar-refractivity contribution in [2.75, 3.05) is 7.11 Å². The van der Waals surface area contributed by atoms with Crippen LogP contribution in [0, 0.1) is 11.2 Å². The van der Waals surface area contributed by atoms with Gasteiger partial charge in [-0.05, 0) is 101 Å². The summed E-state index contributed by atoms with van der Waals surface area (Å²) < 4.78 is 26.6. The molecule has 3 aromatic rings. The van der Waals surface area contributed by atoms with Gasteiger partial charge in [-0.1, -0.05) is 45.0 Å². The summed E-state index contributed by atoms with van der Waals surface area (Å²) in [5, 5.41) is 9.42. The summed E-state index contributed by atoms with van der Waals surface area (Å²) in [5.74, 6) is 0.281. The van der Waals surface area contributed by atoms with E-state index in [1.165, 1.54) is 17.2 Å². The molecule has 1 N–H and O–H groups in total. The number of carbonyl (C=O) groups is 1. The van der Waals surface area contributed by atoms with Gasteiger partial charge in [0.2, 0.25) is 0 Å². The first-order chi connectivity index (χ1) is 18.1. The molecule has 5 heteroatoms. The molecule has 38 heavy (non-hydrogen) atoms. The largest absolute Gasteiger partial charge is 0.497 e. The van der Waals surface area contributed by atoms with Crippen LogP contribution in [0.1, 0.15) is 68.7 Å². The molecule has 0 saturated heterocycles. The van der Waals surface area contributed by atoms with Crippen LogP contribution in [0.5, 0.6) is 11.5 Å². The van der Waals surface area contributed by atoms with Crippen molar-refractivity contribution in [3.05, 3.63) is 88.7 Å². The average molecular weight is 515 g/mol. The van der Waals surface area contributed by atoms with E-state index in [1.54, 1.807) is 19.2 Å². The van der Waals surface area contributed by atoms with Crippen molar-refractivity contribution in [1.82, 2.24) is 0 Å². The molecule has 0 spiro atoms. The molecule has 0 radical (unpaired) electrons. The number of hydrogen-bond donors (Lipinski definition) is 1. The van der Waals surface area contributed by atoms with Crippen LogP contribution in [0.25, 0.3) is 16.7 Å². The van der Waals surface area contributed by atoms with Crippen molar-refractivity contribution in [2.24, 2.45) is 5.41 Å². The summed E-state index contributed by atoms with van der Waals surface area (Å²) in [6.45, 7) is 6.85. The van der Waals surface area contributed by atoms with Gasteiger partial charge in [0.1, 0.15) is 23.9 Å². The molecule has 5 rings (SSSR count). The molecule has 0 heterocycles. The number of aryl methyl sites for hydroxylation is 1. The zero-order valence-corrected chi connectivity index (χ0v) is 22.6. The van der Waals surface area contributed by atoms with E-state index in [2.05, 4.69) is 32.1 Å². The number of halogens is 1. The van der Waals surface area contributed by atoms with E-state index in [4.69, 9.17) is 9.47 Å². The maximum absolute atomic E-state index is 15.0. The van der Waals surface area contributed by atoms with E-state index in [0.717, 1.165) is 53.7 Å². The van der Waals surface area contributed by atoms with Crippen molar-refractivity contribution in [2.45, 2.75) is 64.9 Å². The normalized spacial score (nSPS) is 19.7. The highest BCUT2D eigenvalue weighted by molar-refractivity contribution is 5.85. The van der Waals surface area contributed by atoms with Crippen LogP contribution < -0.4 is 9.47 Å². The Balaban J connectivity index is 1.47. The monoisotopic (exact) mass is 514 g/mol. The standard InChI is InChI=1S/C33H35FO4/c1-32(2)14-5-6-28(32)26-16-21(7-11-25(26)27-17-23(37-4)10-12-30(27)34)20-38-24-9-8-22-13-15-33(3,19-31(35)36)29(22)18-24/h6-12,16-18H,5,13-15,19-20H2,1-4H3,(H,35,36)/t33-/m1/s1. The molecular weight excluding hydrogens is 479 g/mol. The second-order valence-corrected chi connectivity index (χ2v) is 11.5. The van der Waals surface area contributed by atoms with E-state index < -0.39 is 5.97 Å². The highest BCUT2D eigenvalue weighted by Crippen LogP contribution is 2.48. The van der Waals surface area contributed by atoms with Crippen LogP contribution >= 0.6 is 0 Å². The number of carboxylic acid groups (broad SMARTS) is 1. The smallest absolute Gasteiger partial charge is 0.304 e. The molecule has 4 nitrogen and oxygen atoms in total. The van der Waals surface area contributed by atoms with E-state index in [9.17, 15) is 9.90 Å². The number of fused-ring (bicyclic) bond motifs is 1. The van der Waals surface area contributed by atoms with Gasteiger partial charge < -0.3 is 14.6 Å². The molecule has 0 saturated carbocycles. The lowest BCUT2D eigenvalue weighted by atomic mass is 9.79. The Labute approximate surface area is 224 Å². The fourth-order valence-corrected chi connectivity index (χ4v) is 6.09. The van der Waals surface area contributed by atoms with Gasteiger partial charge >= 0.3 is 5.97 Å². The quantitative estimate of drug-likeness (QED) is 0.331. The second kappa shape index (κ2) is 9.94. The second-order valence-electron chi connectivity index (χ2n) is 11.5. The first-order valence-electron chi connectivity index (χ1n) is 13.3. The molecule has 0 aliphatic heterocycles. The van der Waals surface area contributed by atoms with Crippen LogP contribution in [-0.2, 0) is 23.2 Å². The van der Waals surface area contributed by atoms with Gasteiger partial charge in [-0.15, -0.1) is 0 Å². The Kier molecular flexibility index (Phi) is 6.81. The zero-order chi connectivity index (χ0) is 27.1. The maximum atomic E-state index is 15.0. The average Bonchev–Trinajstić information content (AvgIpc) is 3.40. The molecule has 0 amide bonds. The van der Waals surface area contributed by atoms with E-state index in [-0.39, 0.29) is 23.1 Å². The number of methoxy groups -OCH3 is 1. The van der Waals surface area contributed by atoms with Crippen LogP contribution in [0.15, 0.2) is 60.7 Å². The highest BCUT2D eigenvalue weighted by atomic mass is 19.1. The van der Waals surface area contributed by atoms with Crippen LogP contribution in [0.2, 0.25) is 0 Å². The Morgan fingerprint density at radius 3 is 2.45 bits per heavy atom. The van der Waals surface area contributed by atoms with Crippen molar-refractivity contribution < 1.29 is 23.8 Å². The molecule has 0 unspecified atom stereocenters. The Hall–Kier alpha value is -3.60. The first-order valence-corrected chi connectivity index (χ1v) is 13.3. The molecule has 3 aromatic carbocycles. The van der Waals surface area contributed by atoms with Crippen molar-refractivity contribution in [3.8, 4) is 22.6 Å². The van der Waals surface area contributed by atoms with Crippen LogP contribution in [-0.4, -0.2) is 18.2 Å². The van der Waals surface area contributed by atoms with Crippen molar-refractivity contribution in [3.63, 3.8) is 0 Å². The van der Waals surface area contributed by atoms with E-state index in [1.807, 2.05) is 31.2 Å². The Morgan fingerprint density at radius 1 is 0.947 bits per heavy atom. The summed E-state index contributed by atoms with van der Waals surface area (Å²) in [5.41, 5.74) is 6.46. The summed E-state index contributed by atoms with van der Waals surface area (Å²) in [4.78, 5) is 11.5. The number of allylic oxidation sites excluding steroid dienone is 2. The van der Waals surface area contributed by atoms with Gasteiger partial charge in [-0.3, -0.25) is 4.79 Å². The third-order valence-corrected chi connectivity index (χ3v) is 8.31. The predicted octanol–water partition coefficient (Wildman–Crippen LogP) is 7.96. The SMILES string of the molecule is COc1ccc(F)c(-c2ccc(COc3ccc4c(c3)[C@@](C)(CC(=O)O)CC4)cc2C2=CCCC2(C)C)c1.